The molecule has 0 aliphatic rings. The molecule has 3 N–H and O–H groups in total. The van der Waals surface area contributed by atoms with E-state index in [1.807, 2.05) is 0 Å². The minimum absolute atomic E-state index is 0.0588. The van der Waals surface area contributed by atoms with Gasteiger partial charge in [0.1, 0.15) is 0 Å². The molecule has 8 heteroatoms. The number of nitrogen functional groups attached to an aromatic ring is 1. The molecule has 0 fully saturated rings. The minimum Gasteiger partial charge on any atom is -0.398 e. The molecule has 1 aromatic heterocycles. The maximum absolute atomic E-state index is 12.9. The molecule has 0 saturated heterocycles. The Morgan fingerprint density at radius 3 is 2.52 bits per heavy atom. The lowest BCUT2D eigenvalue weighted by Crippen LogP contribution is -2.15. The molecule has 2 aromatic rings. The highest BCUT2D eigenvalue weighted by Gasteiger charge is 2.34. The number of halogens is 4. The first-order valence-electron chi connectivity index (χ1n) is 5.72. The molecule has 0 aliphatic heterocycles. The molecule has 1 amide bonds. The number of anilines is 2. The molecule has 0 bridgehead atoms. The fourth-order valence-corrected chi connectivity index (χ4v) is 2.66. The number of amides is 1. The van der Waals surface area contributed by atoms with E-state index in [1.165, 1.54) is 12.1 Å². The summed E-state index contributed by atoms with van der Waals surface area (Å²) in [6.07, 6.45) is -4.61. The SMILES string of the molecule is Cc1sc(C(=O)Nc2ccc(Cl)cc2C(F)(F)F)cc1N. The van der Waals surface area contributed by atoms with Crippen molar-refractivity contribution in [3.63, 3.8) is 0 Å². The summed E-state index contributed by atoms with van der Waals surface area (Å²) in [6, 6.07) is 4.59. The Balaban J connectivity index is 2.33. The molecule has 0 spiro atoms. The first-order chi connectivity index (χ1) is 9.68. The van der Waals surface area contributed by atoms with E-state index < -0.39 is 17.6 Å². The van der Waals surface area contributed by atoms with Crippen molar-refractivity contribution in [3.8, 4) is 0 Å². The summed E-state index contributed by atoms with van der Waals surface area (Å²) in [7, 11) is 0. The number of hydrogen-bond donors (Lipinski definition) is 2. The molecule has 112 valence electrons. The van der Waals surface area contributed by atoms with Gasteiger partial charge in [0.2, 0.25) is 0 Å². The van der Waals surface area contributed by atoms with Gasteiger partial charge in [-0.3, -0.25) is 4.79 Å². The largest absolute Gasteiger partial charge is 0.418 e. The van der Waals surface area contributed by atoms with Crippen LogP contribution < -0.4 is 11.1 Å². The van der Waals surface area contributed by atoms with Crippen molar-refractivity contribution in [2.24, 2.45) is 0 Å². The first-order valence-corrected chi connectivity index (χ1v) is 6.92. The van der Waals surface area contributed by atoms with Crippen LogP contribution in [-0.4, -0.2) is 5.91 Å². The van der Waals surface area contributed by atoms with Gasteiger partial charge in [-0.25, -0.2) is 0 Å². The highest BCUT2D eigenvalue weighted by molar-refractivity contribution is 7.14. The molecule has 0 radical (unpaired) electrons. The molecule has 2 rings (SSSR count). The van der Waals surface area contributed by atoms with Gasteiger partial charge in [-0.1, -0.05) is 11.6 Å². The van der Waals surface area contributed by atoms with Crippen molar-refractivity contribution in [1.29, 1.82) is 0 Å². The van der Waals surface area contributed by atoms with Gasteiger partial charge in [0.25, 0.3) is 5.91 Å². The number of nitrogens with two attached hydrogens (primary N) is 1. The fraction of sp³-hybridized carbons (Fsp3) is 0.154. The quantitative estimate of drug-likeness (QED) is 0.845. The normalized spacial score (nSPS) is 11.5. The van der Waals surface area contributed by atoms with Crippen molar-refractivity contribution in [3.05, 3.63) is 44.6 Å². The summed E-state index contributed by atoms with van der Waals surface area (Å²) in [6.45, 7) is 1.72. The Kier molecular flexibility index (Phi) is 4.15. The topological polar surface area (TPSA) is 55.1 Å². The lowest BCUT2D eigenvalue weighted by atomic mass is 10.1. The predicted molar refractivity (Wildman–Crippen MR) is 77.9 cm³/mol. The standard InChI is InChI=1S/C13H10ClF3N2OS/c1-6-9(18)5-11(21-6)12(20)19-10-3-2-7(14)4-8(10)13(15,16)17/h2-5H,18H2,1H3,(H,19,20). The van der Waals surface area contributed by atoms with Gasteiger partial charge in [0, 0.05) is 15.6 Å². The number of alkyl halides is 3. The molecule has 0 aliphatic carbocycles. The van der Waals surface area contributed by atoms with Gasteiger partial charge < -0.3 is 11.1 Å². The first kappa shape index (κ1) is 15.7. The van der Waals surface area contributed by atoms with Gasteiger partial charge in [-0.05, 0) is 31.2 Å². The second-order valence-corrected chi connectivity index (χ2v) is 5.96. The van der Waals surface area contributed by atoms with E-state index >= 15 is 0 Å². The summed E-state index contributed by atoms with van der Waals surface area (Å²) in [5.74, 6) is -0.646. The number of carbonyl (C=O) groups is 1. The third kappa shape index (κ3) is 3.48. The minimum atomic E-state index is -4.61. The van der Waals surface area contributed by atoms with Crippen LogP contribution in [-0.2, 0) is 6.18 Å². The average Bonchev–Trinajstić information content (AvgIpc) is 2.71. The molecule has 0 atom stereocenters. The van der Waals surface area contributed by atoms with Crippen LogP contribution in [0.25, 0.3) is 0 Å². The monoisotopic (exact) mass is 334 g/mol. The van der Waals surface area contributed by atoms with E-state index in [0.717, 1.165) is 28.3 Å². The van der Waals surface area contributed by atoms with Crippen molar-refractivity contribution in [2.75, 3.05) is 11.1 Å². The van der Waals surface area contributed by atoms with E-state index in [9.17, 15) is 18.0 Å². The number of carbonyl (C=O) groups excluding carboxylic acids is 1. The van der Waals surface area contributed by atoms with Gasteiger partial charge in [0.05, 0.1) is 16.1 Å². The Labute approximate surface area is 127 Å². The lowest BCUT2D eigenvalue weighted by molar-refractivity contribution is -0.136. The fourth-order valence-electron chi connectivity index (χ4n) is 1.65. The van der Waals surface area contributed by atoms with Crippen LogP contribution in [0.4, 0.5) is 24.5 Å². The van der Waals surface area contributed by atoms with Crippen LogP contribution in [0.3, 0.4) is 0 Å². The molecule has 0 saturated carbocycles. The second kappa shape index (κ2) is 5.57. The summed E-state index contributed by atoms with van der Waals surface area (Å²) in [4.78, 5) is 13.0. The maximum atomic E-state index is 12.9. The number of thiophene rings is 1. The summed E-state index contributed by atoms with van der Waals surface area (Å²) < 4.78 is 38.8. The Morgan fingerprint density at radius 1 is 1.33 bits per heavy atom. The highest BCUT2D eigenvalue weighted by atomic mass is 35.5. The third-order valence-electron chi connectivity index (χ3n) is 2.72. The Morgan fingerprint density at radius 2 is 2.00 bits per heavy atom. The highest BCUT2D eigenvalue weighted by Crippen LogP contribution is 2.37. The third-order valence-corrected chi connectivity index (χ3v) is 4.02. The van der Waals surface area contributed by atoms with Crippen LogP contribution in [0.5, 0.6) is 0 Å². The zero-order valence-electron chi connectivity index (χ0n) is 10.7. The number of nitrogens with one attached hydrogen (secondary N) is 1. The van der Waals surface area contributed by atoms with Crippen LogP contribution in [0, 0.1) is 6.92 Å². The van der Waals surface area contributed by atoms with Gasteiger partial charge in [0.15, 0.2) is 0 Å². The molecular weight excluding hydrogens is 325 g/mol. The number of benzene rings is 1. The van der Waals surface area contributed by atoms with E-state index in [4.69, 9.17) is 17.3 Å². The molecule has 0 unspecified atom stereocenters. The van der Waals surface area contributed by atoms with E-state index in [-0.39, 0.29) is 15.6 Å². The van der Waals surface area contributed by atoms with Crippen molar-refractivity contribution in [1.82, 2.24) is 0 Å². The van der Waals surface area contributed by atoms with Crippen molar-refractivity contribution >= 4 is 40.2 Å². The number of rotatable bonds is 2. The maximum Gasteiger partial charge on any atom is 0.418 e. The molecule has 3 nitrogen and oxygen atoms in total. The zero-order chi connectivity index (χ0) is 15.8. The zero-order valence-corrected chi connectivity index (χ0v) is 12.3. The van der Waals surface area contributed by atoms with Crippen LogP contribution in [0.1, 0.15) is 20.1 Å². The average molecular weight is 335 g/mol. The van der Waals surface area contributed by atoms with Crippen molar-refractivity contribution < 1.29 is 18.0 Å². The summed E-state index contributed by atoms with van der Waals surface area (Å²) >= 11 is 6.69. The number of aryl methyl sites for hydroxylation is 1. The van der Waals surface area contributed by atoms with Crippen molar-refractivity contribution in [2.45, 2.75) is 13.1 Å². The Bertz CT molecular complexity index is 678. The van der Waals surface area contributed by atoms with Gasteiger partial charge in [-0.2, -0.15) is 13.2 Å². The van der Waals surface area contributed by atoms with Crippen LogP contribution in [0.15, 0.2) is 24.3 Å². The van der Waals surface area contributed by atoms with Gasteiger partial charge in [-0.15, -0.1) is 11.3 Å². The molecule has 1 heterocycles. The molecular formula is C13H10ClF3N2OS. The second-order valence-electron chi connectivity index (χ2n) is 4.26. The van der Waals surface area contributed by atoms with Crippen LogP contribution >= 0.6 is 22.9 Å². The molecule has 21 heavy (non-hydrogen) atoms. The van der Waals surface area contributed by atoms with E-state index in [1.54, 1.807) is 6.92 Å². The summed E-state index contributed by atoms with van der Waals surface area (Å²) in [5, 5.41) is 2.18. The Hall–Kier alpha value is -1.73. The predicted octanol–water partition coefficient (Wildman–Crippen LogP) is 4.56. The lowest BCUT2D eigenvalue weighted by Gasteiger charge is -2.13. The number of hydrogen-bond acceptors (Lipinski definition) is 3. The van der Waals surface area contributed by atoms with E-state index in [0.29, 0.717) is 5.69 Å². The molecule has 1 aromatic carbocycles. The summed E-state index contributed by atoms with van der Waals surface area (Å²) in [5.41, 5.74) is 4.71. The van der Waals surface area contributed by atoms with Gasteiger partial charge >= 0.3 is 6.18 Å². The van der Waals surface area contributed by atoms with Crippen LogP contribution in [0.2, 0.25) is 5.02 Å². The smallest absolute Gasteiger partial charge is 0.398 e. The van der Waals surface area contributed by atoms with E-state index in [2.05, 4.69) is 5.32 Å².